The molecule has 1 aromatic heterocycles. The van der Waals surface area contributed by atoms with E-state index in [1.807, 2.05) is 25.1 Å². The Kier molecular flexibility index (Phi) is 5.57. The second kappa shape index (κ2) is 7.25. The fourth-order valence-electron chi connectivity index (χ4n) is 2.33. The number of rotatable bonds is 7. The molecule has 0 amide bonds. The molecule has 23 heavy (non-hydrogen) atoms. The SMILES string of the molecule is COc1cc(CNCC(C)(O)c2ccc(C)o2)cc(Cl)c1OC. The Morgan fingerprint density at radius 2 is 2.00 bits per heavy atom. The fourth-order valence-corrected chi connectivity index (χ4v) is 2.65. The van der Waals surface area contributed by atoms with Crippen molar-refractivity contribution in [3.63, 3.8) is 0 Å². The van der Waals surface area contributed by atoms with Gasteiger partial charge in [-0.05, 0) is 43.7 Å². The quantitative estimate of drug-likeness (QED) is 0.810. The summed E-state index contributed by atoms with van der Waals surface area (Å²) in [7, 11) is 3.11. The largest absolute Gasteiger partial charge is 0.493 e. The van der Waals surface area contributed by atoms with Gasteiger partial charge >= 0.3 is 0 Å². The Balaban J connectivity index is 2.02. The zero-order valence-corrected chi connectivity index (χ0v) is 14.5. The van der Waals surface area contributed by atoms with Crippen molar-refractivity contribution in [2.24, 2.45) is 0 Å². The van der Waals surface area contributed by atoms with Gasteiger partial charge in [0, 0.05) is 13.1 Å². The van der Waals surface area contributed by atoms with Crippen LogP contribution >= 0.6 is 11.6 Å². The van der Waals surface area contributed by atoms with Gasteiger partial charge in [-0.15, -0.1) is 0 Å². The van der Waals surface area contributed by atoms with Crippen molar-refractivity contribution in [1.29, 1.82) is 0 Å². The molecule has 1 unspecified atom stereocenters. The Bertz CT molecular complexity index is 667. The third-order valence-electron chi connectivity index (χ3n) is 3.56. The Hall–Kier alpha value is -1.69. The molecular weight excluding hydrogens is 318 g/mol. The highest BCUT2D eigenvalue weighted by Gasteiger charge is 2.26. The number of benzene rings is 1. The normalized spacial score (nSPS) is 13.7. The first-order valence-corrected chi connectivity index (χ1v) is 7.65. The van der Waals surface area contributed by atoms with Crippen LogP contribution in [-0.4, -0.2) is 25.9 Å². The average Bonchev–Trinajstić information content (AvgIpc) is 2.94. The van der Waals surface area contributed by atoms with Crippen molar-refractivity contribution in [2.75, 3.05) is 20.8 Å². The van der Waals surface area contributed by atoms with Crippen LogP contribution in [0, 0.1) is 6.92 Å². The van der Waals surface area contributed by atoms with Crippen LogP contribution in [0.4, 0.5) is 0 Å². The monoisotopic (exact) mass is 339 g/mol. The molecule has 0 radical (unpaired) electrons. The molecule has 1 aromatic carbocycles. The second-order valence-corrected chi connectivity index (χ2v) is 6.01. The van der Waals surface area contributed by atoms with Crippen molar-refractivity contribution in [3.8, 4) is 11.5 Å². The molecule has 1 atom stereocenters. The summed E-state index contributed by atoms with van der Waals surface area (Å²) in [6.07, 6.45) is 0. The van der Waals surface area contributed by atoms with E-state index in [1.165, 1.54) is 0 Å². The summed E-state index contributed by atoms with van der Waals surface area (Å²) in [5, 5.41) is 14.2. The number of furan rings is 1. The molecule has 1 heterocycles. The smallest absolute Gasteiger partial charge is 0.179 e. The average molecular weight is 340 g/mol. The first kappa shape index (κ1) is 17.7. The number of nitrogens with one attached hydrogen (secondary N) is 1. The summed E-state index contributed by atoms with van der Waals surface area (Å²) in [4.78, 5) is 0. The molecule has 0 saturated heterocycles. The van der Waals surface area contributed by atoms with Crippen molar-refractivity contribution in [3.05, 3.63) is 46.4 Å². The first-order valence-electron chi connectivity index (χ1n) is 7.28. The molecule has 6 heteroatoms. The molecular formula is C17H22ClNO4. The van der Waals surface area contributed by atoms with Crippen molar-refractivity contribution in [1.82, 2.24) is 5.32 Å². The van der Waals surface area contributed by atoms with E-state index in [0.717, 1.165) is 11.3 Å². The third-order valence-corrected chi connectivity index (χ3v) is 3.84. The maximum absolute atomic E-state index is 10.5. The molecule has 0 aliphatic rings. The standard InChI is InChI=1S/C17H22ClNO4/c1-11-5-6-15(23-11)17(2,20)10-19-9-12-7-13(18)16(22-4)14(8-12)21-3/h5-8,19-20H,9-10H2,1-4H3. The zero-order valence-electron chi connectivity index (χ0n) is 13.8. The van der Waals surface area contributed by atoms with Crippen molar-refractivity contribution >= 4 is 11.6 Å². The van der Waals surface area contributed by atoms with Gasteiger partial charge in [0.05, 0.1) is 19.2 Å². The summed E-state index contributed by atoms with van der Waals surface area (Å²) in [5.41, 5.74) is -0.159. The fraction of sp³-hybridized carbons (Fsp3) is 0.412. The molecule has 2 N–H and O–H groups in total. The van der Waals surface area contributed by atoms with E-state index in [0.29, 0.717) is 35.4 Å². The highest BCUT2D eigenvalue weighted by Crippen LogP contribution is 2.36. The lowest BCUT2D eigenvalue weighted by molar-refractivity contribution is 0.0332. The van der Waals surface area contributed by atoms with Gasteiger partial charge in [0.2, 0.25) is 0 Å². The van der Waals surface area contributed by atoms with E-state index in [-0.39, 0.29) is 0 Å². The van der Waals surface area contributed by atoms with Gasteiger partial charge in [-0.3, -0.25) is 0 Å². The molecule has 2 rings (SSSR count). The van der Waals surface area contributed by atoms with Gasteiger partial charge in [-0.1, -0.05) is 11.6 Å². The van der Waals surface area contributed by atoms with Crippen molar-refractivity contribution < 1.29 is 19.0 Å². The molecule has 126 valence electrons. The van der Waals surface area contributed by atoms with Gasteiger partial charge in [-0.2, -0.15) is 0 Å². The Morgan fingerprint density at radius 1 is 1.26 bits per heavy atom. The van der Waals surface area contributed by atoms with Crippen LogP contribution in [0.1, 0.15) is 24.0 Å². The maximum atomic E-state index is 10.5. The van der Waals surface area contributed by atoms with Gasteiger partial charge in [0.15, 0.2) is 11.5 Å². The van der Waals surface area contributed by atoms with Crippen molar-refractivity contribution in [2.45, 2.75) is 26.0 Å². The molecule has 0 bridgehead atoms. The van der Waals surface area contributed by atoms with Gasteiger partial charge < -0.3 is 24.3 Å². The van der Waals surface area contributed by atoms with Crippen LogP contribution in [0.25, 0.3) is 0 Å². The minimum absolute atomic E-state index is 0.339. The maximum Gasteiger partial charge on any atom is 0.179 e. The van der Waals surface area contributed by atoms with E-state index in [4.69, 9.17) is 25.5 Å². The van der Waals surface area contributed by atoms with E-state index < -0.39 is 5.60 Å². The highest BCUT2D eigenvalue weighted by atomic mass is 35.5. The van der Waals surface area contributed by atoms with E-state index >= 15 is 0 Å². The van der Waals surface area contributed by atoms with Crippen LogP contribution in [0.2, 0.25) is 5.02 Å². The van der Waals surface area contributed by atoms with Crippen LogP contribution in [0.3, 0.4) is 0 Å². The minimum atomic E-state index is -1.09. The number of methoxy groups -OCH3 is 2. The minimum Gasteiger partial charge on any atom is -0.493 e. The summed E-state index contributed by atoms with van der Waals surface area (Å²) >= 11 is 6.18. The van der Waals surface area contributed by atoms with E-state index in [2.05, 4.69) is 5.32 Å². The Labute approximate surface area is 141 Å². The third kappa shape index (κ3) is 4.19. The summed E-state index contributed by atoms with van der Waals surface area (Å²) < 4.78 is 16.0. The highest BCUT2D eigenvalue weighted by molar-refractivity contribution is 6.32. The Morgan fingerprint density at radius 3 is 2.57 bits per heavy atom. The van der Waals surface area contributed by atoms with Crippen LogP contribution < -0.4 is 14.8 Å². The van der Waals surface area contributed by atoms with Gasteiger partial charge in [0.25, 0.3) is 0 Å². The molecule has 0 aliphatic heterocycles. The molecule has 5 nitrogen and oxygen atoms in total. The lowest BCUT2D eigenvalue weighted by Gasteiger charge is -2.21. The molecule has 0 spiro atoms. The number of halogens is 1. The topological polar surface area (TPSA) is 63.9 Å². The van der Waals surface area contributed by atoms with E-state index in [1.54, 1.807) is 27.2 Å². The lowest BCUT2D eigenvalue weighted by Crippen LogP contribution is -2.34. The predicted molar refractivity (Wildman–Crippen MR) is 89.3 cm³/mol. The zero-order chi connectivity index (χ0) is 17.0. The molecule has 2 aromatic rings. The van der Waals surface area contributed by atoms with Crippen LogP contribution in [-0.2, 0) is 12.1 Å². The number of aryl methyl sites for hydroxylation is 1. The first-order chi connectivity index (χ1) is 10.9. The molecule has 0 aliphatic carbocycles. The molecule has 0 saturated carbocycles. The summed E-state index contributed by atoms with van der Waals surface area (Å²) in [6.45, 7) is 4.42. The number of hydrogen-bond acceptors (Lipinski definition) is 5. The van der Waals surface area contributed by atoms with Crippen LogP contribution in [0.5, 0.6) is 11.5 Å². The number of aliphatic hydroxyl groups is 1. The predicted octanol–water partition coefficient (Wildman–Crippen LogP) is 3.26. The number of hydrogen-bond donors (Lipinski definition) is 2. The van der Waals surface area contributed by atoms with Gasteiger partial charge in [-0.25, -0.2) is 0 Å². The summed E-state index contributed by atoms with van der Waals surface area (Å²) in [5.74, 6) is 2.39. The summed E-state index contributed by atoms with van der Waals surface area (Å²) in [6, 6.07) is 7.27. The molecule has 0 fully saturated rings. The van der Waals surface area contributed by atoms with E-state index in [9.17, 15) is 5.11 Å². The second-order valence-electron chi connectivity index (χ2n) is 5.60. The number of ether oxygens (including phenoxy) is 2. The lowest BCUT2D eigenvalue weighted by atomic mass is 10.0. The van der Waals surface area contributed by atoms with Crippen LogP contribution in [0.15, 0.2) is 28.7 Å². The van der Waals surface area contributed by atoms with Gasteiger partial charge in [0.1, 0.15) is 17.1 Å².